The molecule has 0 aromatic carbocycles. The lowest BCUT2D eigenvalue weighted by molar-refractivity contribution is 0.584. The van der Waals surface area contributed by atoms with E-state index in [4.69, 9.17) is 11.1 Å². The van der Waals surface area contributed by atoms with Gasteiger partial charge in [0.1, 0.15) is 0 Å². The van der Waals surface area contributed by atoms with Crippen molar-refractivity contribution in [1.82, 2.24) is 0 Å². The van der Waals surface area contributed by atoms with Gasteiger partial charge in [-0.2, -0.15) is 0 Å². The predicted octanol–water partition coefficient (Wildman–Crippen LogP) is 4.34. The van der Waals surface area contributed by atoms with Gasteiger partial charge in [0.05, 0.1) is 0 Å². The van der Waals surface area contributed by atoms with Crippen molar-refractivity contribution < 1.29 is 0 Å². The van der Waals surface area contributed by atoms with Gasteiger partial charge in [0.25, 0.3) is 0 Å². The Balaban J connectivity index is 2.98. The normalized spacial score (nSPS) is 9.07. The largest absolute Gasteiger partial charge is 0.0940 e. The quantitative estimate of drug-likeness (QED) is 0.222. The third kappa shape index (κ3) is 12.6. The van der Waals surface area contributed by atoms with Gasteiger partial charge >= 0.3 is 0 Å². The van der Waals surface area contributed by atoms with Crippen molar-refractivity contribution in [1.29, 1.82) is 0 Å². The average molecular weight is 210 g/mol. The van der Waals surface area contributed by atoms with Gasteiger partial charge in [0.2, 0.25) is 0 Å². The molecule has 84 valence electrons. The number of hydrogen-bond donors (Lipinski definition) is 0. The first-order valence-electron chi connectivity index (χ1n) is 5.43. The van der Waals surface area contributed by atoms with Gasteiger partial charge in [-0.3, -0.25) is 0 Å². The van der Waals surface area contributed by atoms with Crippen molar-refractivity contribution in [2.75, 3.05) is 13.1 Å². The minimum absolute atomic E-state index is 0.618. The number of rotatable bonds is 10. The summed E-state index contributed by atoms with van der Waals surface area (Å²) in [6.07, 6.45) is 7.85. The fourth-order valence-corrected chi connectivity index (χ4v) is 1.34. The summed E-state index contributed by atoms with van der Waals surface area (Å²) in [6, 6.07) is 0. The Labute approximate surface area is 89.9 Å². The molecule has 0 saturated heterocycles. The molecule has 0 fully saturated rings. The molecule has 0 radical (unpaired) electrons. The van der Waals surface area contributed by atoms with E-state index in [2.05, 4.69) is 20.1 Å². The second kappa shape index (κ2) is 12.6. The van der Waals surface area contributed by atoms with Crippen molar-refractivity contribution in [3.05, 3.63) is 20.9 Å². The summed E-state index contributed by atoms with van der Waals surface area (Å²) < 4.78 is 0. The summed E-state index contributed by atoms with van der Waals surface area (Å²) in [7, 11) is 0. The van der Waals surface area contributed by atoms with Gasteiger partial charge in [0.15, 0.2) is 0 Å². The fourth-order valence-electron chi connectivity index (χ4n) is 1.34. The Hall–Kier alpha value is -1.38. The van der Waals surface area contributed by atoms with E-state index in [-0.39, 0.29) is 0 Å². The molecule has 6 heteroatoms. The average Bonchev–Trinajstić information content (AvgIpc) is 2.26. The van der Waals surface area contributed by atoms with E-state index < -0.39 is 0 Å². The molecular formula is C9H18N6. The standard InChI is InChI=1S/C9H18N6/c10-14-12-8-6-4-2-1-3-5-7-9-13-15-11/h1-9H2. The van der Waals surface area contributed by atoms with Crippen LogP contribution < -0.4 is 0 Å². The lowest BCUT2D eigenvalue weighted by atomic mass is 10.1. The van der Waals surface area contributed by atoms with Gasteiger partial charge in [-0.25, -0.2) is 0 Å². The molecule has 0 bridgehead atoms. The number of azide groups is 2. The van der Waals surface area contributed by atoms with Gasteiger partial charge < -0.3 is 0 Å². The second-order valence-electron chi connectivity index (χ2n) is 3.38. The Morgan fingerprint density at radius 2 is 0.933 bits per heavy atom. The third-order valence-corrected chi connectivity index (χ3v) is 2.14. The summed E-state index contributed by atoms with van der Waals surface area (Å²) in [6.45, 7) is 1.24. The minimum Gasteiger partial charge on any atom is -0.0940 e. The molecule has 0 amide bonds. The lowest BCUT2D eigenvalue weighted by Gasteiger charge is -1.99. The van der Waals surface area contributed by atoms with Crippen LogP contribution in [0.4, 0.5) is 0 Å². The van der Waals surface area contributed by atoms with E-state index in [9.17, 15) is 0 Å². The Kier molecular flexibility index (Phi) is 11.5. The maximum Gasteiger partial charge on any atom is 0.0257 e. The van der Waals surface area contributed by atoms with Crippen molar-refractivity contribution in [3.8, 4) is 0 Å². The van der Waals surface area contributed by atoms with Gasteiger partial charge in [-0.05, 0) is 23.9 Å². The summed E-state index contributed by atoms with van der Waals surface area (Å²) in [5.41, 5.74) is 16.1. The highest BCUT2D eigenvalue weighted by Gasteiger charge is 1.90. The van der Waals surface area contributed by atoms with Crippen molar-refractivity contribution >= 4 is 0 Å². The summed E-state index contributed by atoms with van der Waals surface area (Å²) >= 11 is 0. The van der Waals surface area contributed by atoms with Crippen LogP contribution in [0.1, 0.15) is 44.9 Å². The molecule has 0 unspecified atom stereocenters. The van der Waals surface area contributed by atoms with E-state index in [1.807, 2.05) is 0 Å². The maximum absolute atomic E-state index is 8.03. The van der Waals surface area contributed by atoms with E-state index >= 15 is 0 Å². The van der Waals surface area contributed by atoms with Crippen LogP contribution >= 0.6 is 0 Å². The Bertz CT molecular complexity index is 203. The molecule has 0 aromatic rings. The summed E-state index contributed by atoms with van der Waals surface area (Å²) in [5.74, 6) is 0. The molecule has 0 aromatic heterocycles. The van der Waals surface area contributed by atoms with Gasteiger partial charge in [-0.1, -0.05) is 42.3 Å². The molecular weight excluding hydrogens is 192 g/mol. The van der Waals surface area contributed by atoms with Crippen LogP contribution in [-0.4, -0.2) is 13.1 Å². The molecule has 0 saturated carbocycles. The molecule has 6 nitrogen and oxygen atoms in total. The highest BCUT2D eigenvalue weighted by atomic mass is 15.1. The van der Waals surface area contributed by atoms with E-state index in [1.165, 1.54) is 19.3 Å². The Morgan fingerprint density at radius 1 is 0.600 bits per heavy atom. The molecule has 0 rings (SSSR count). The molecule has 0 aliphatic rings. The van der Waals surface area contributed by atoms with Gasteiger partial charge in [-0.15, -0.1) is 0 Å². The summed E-state index contributed by atoms with van der Waals surface area (Å²) in [4.78, 5) is 5.39. The maximum atomic E-state index is 8.03. The molecule has 15 heavy (non-hydrogen) atoms. The first-order chi connectivity index (χ1) is 7.41. The second-order valence-corrected chi connectivity index (χ2v) is 3.38. The third-order valence-electron chi connectivity index (χ3n) is 2.14. The smallest absolute Gasteiger partial charge is 0.0257 e. The number of hydrogen-bond acceptors (Lipinski definition) is 2. The zero-order valence-electron chi connectivity index (χ0n) is 9.05. The molecule has 0 N–H and O–H groups in total. The molecule has 0 heterocycles. The predicted molar refractivity (Wildman–Crippen MR) is 60.3 cm³/mol. The van der Waals surface area contributed by atoms with Crippen LogP contribution in [0.2, 0.25) is 0 Å². The topological polar surface area (TPSA) is 97.5 Å². The van der Waals surface area contributed by atoms with E-state index in [0.717, 1.165) is 25.7 Å². The highest BCUT2D eigenvalue weighted by Crippen LogP contribution is 2.07. The zero-order valence-corrected chi connectivity index (χ0v) is 9.05. The molecule has 0 spiro atoms. The molecule has 0 atom stereocenters. The molecule has 0 aliphatic carbocycles. The monoisotopic (exact) mass is 210 g/mol. The van der Waals surface area contributed by atoms with E-state index in [0.29, 0.717) is 13.1 Å². The Morgan fingerprint density at radius 3 is 1.27 bits per heavy atom. The van der Waals surface area contributed by atoms with Gasteiger partial charge in [0, 0.05) is 22.9 Å². The number of nitrogens with zero attached hydrogens (tertiary/aromatic N) is 6. The minimum atomic E-state index is 0.618. The zero-order chi connectivity index (χ0) is 11.2. The van der Waals surface area contributed by atoms with Crippen LogP contribution in [0.25, 0.3) is 20.9 Å². The first kappa shape index (κ1) is 13.6. The first-order valence-corrected chi connectivity index (χ1v) is 5.43. The summed E-state index contributed by atoms with van der Waals surface area (Å²) in [5, 5.41) is 6.95. The molecule has 0 aliphatic heterocycles. The van der Waals surface area contributed by atoms with Crippen LogP contribution in [0.5, 0.6) is 0 Å². The van der Waals surface area contributed by atoms with E-state index in [1.54, 1.807) is 0 Å². The van der Waals surface area contributed by atoms with Crippen molar-refractivity contribution in [3.63, 3.8) is 0 Å². The van der Waals surface area contributed by atoms with Crippen LogP contribution in [-0.2, 0) is 0 Å². The number of unbranched alkanes of at least 4 members (excludes halogenated alkanes) is 6. The van der Waals surface area contributed by atoms with Crippen LogP contribution in [0.3, 0.4) is 0 Å². The van der Waals surface area contributed by atoms with Crippen molar-refractivity contribution in [2.45, 2.75) is 44.9 Å². The highest BCUT2D eigenvalue weighted by molar-refractivity contribution is 4.51. The van der Waals surface area contributed by atoms with Crippen molar-refractivity contribution in [2.24, 2.45) is 10.2 Å². The fraction of sp³-hybridized carbons (Fsp3) is 1.00. The SMILES string of the molecule is [N-]=[N+]=NCCCCCCCCCN=[N+]=[N-]. The van der Waals surface area contributed by atoms with Crippen LogP contribution in [0.15, 0.2) is 10.2 Å². The lowest BCUT2D eigenvalue weighted by Crippen LogP contribution is -1.84. The van der Waals surface area contributed by atoms with Crippen LogP contribution in [0, 0.1) is 0 Å².